The first kappa shape index (κ1) is 6.20. The van der Waals surface area contributed by atoms with Gasteiger partial charge in [0.05, 0.1) is 0 Å². The van der Waals surface area contributed by atoms with E-state index in [1.54, 1.807) is 0 Å². The summed E-state index contributed by atoms with van der Waals surface area (Å²) in [6.07, 6.45) is 6.11. The van der Waals surface area contributed by atoms with E-state index < -0.39 is 0 Å². The summed E-state index contributed by atoms with van der Waals surface area (Å²) in [5.74, 6) is 0. The average Bonchev–Trinajstić information content (AvgIpc) is 2.17. The fourth-order valence-electron chi connectivity index (χ4n) is 0.873. The van der Waals surface area contributed by atoms with Crippen LogP contribution in [-0.4, -0.2) is 41.8 Å². The summed E-state index contributed by atoms with van der Waals surface area (Å²) in [6, 6.07) is 0. The minimum Gasteiger partial charge on any atom is -0.167 e. The summed E-state index contributed by atoms with van der Waals surface area (Å²) in [6.45, 7) is 5.62. The quantitative estimate of drug-likeness (QED) is 0.359. The SMILES string of the molecule is C=CC[N+]1=C[N+](C)=CC1. The van der Waals surface area contributed by atoms with Crippen LogP contribution in [0, 0.1) is 0 Å². The first-order chi connectivity index (χ1) is 4.33. The normalized spacial score (nSPS) is 17.0. The molecule has 0 N–H and O–H groups in total. The maximum Gasteiger partial charge on any atom is 0.401 e. The predicted molar refractivity (Wildman–Crippen MR) is 38.5 cm³/mol. The monoisotopic (exact) mass is 124 g/mol. The zero-order valence-electron chi connectivity index (χ0n) is 5.75. The fourth-order valence-corrected chi connectivity index (χ4v) is 0.873. The molecule has 0 bridgehead atoms. The molecule has 0 fully saturated rings. The van der Waals surface area contributed by atoms with E-state index in [4.69, 9.17) is 0 Å². The molecule has 9 heavy (non-hydrogen) atoms. The Morgan fingerprint density at radius 2 is 2.56 bits per heavy atom. The Morgan fingerprint density at radius 3 is 3.00 bits per heavy atom. The lowest BCUT2D eigenvalue weighted by molar-refractivity contribution is -0.521. The molecule has 0 unspecified atom stereocenters. The second kappa shape index (κ2) is 2.58. The fraction of sp³-hybridized carbons (Fsp3) is 0.429. The molecule has 0 spiro atoms. The highest BCUT2D eigenvalue weighted by Gasteiger charge is 2.12. The van der Waals surface area contributed by atoms with E-state index in [0.29, 0.717) is 0 Å². The third-order valence-electron chi connectivity index (χ3n) is 1.31. The van der Waals surface area contributed by atoms with Crippen molar-refractivity contribution >= 4 is 12.6 Å². The van der Waals surface area contributed by atoms with Gasteiger partial charge in [-0.1, -0.05) is 6.58 Å². The minimum absolute atomic E-state index is 0.945. The summed E-state index contributed by atoms with van der Waals surface area (Å²) >= 11 is 0. The lowest BCUT2D eigenvalue weighted by atomic mass is 10.6. The number of hydrogen-bond acceptors (Lipinski definition) is 0. The topological polar surface area (TPSA) is 6.02 Å². The standard InChI is InChI=1S/C7H12N2/c1-3-4-9-6-5-8(2)7-9/h3,5,7H,1,4,6H2,2H3/q+2. The van der Waals surface area contributed by atoms with Crippen molar-refractivity contribution in [2.45, 2.75) is 0 Å². The Hall–Kier alpha value is -0.920. The molecular weight excluding hydrogens is 112 g/mol. The summed E-state index contributed by atoms with van der Waals surface area (Å²) in [5.41, 5.74) is 0. The van der Waals surface area contributed by atoms with Gasteiger partial charge in [-0.15, -0.1) is 0 Å². The van der Waals surface area contributed by atoms with Crippen molar-refractivity contribution < 1.29 is 9.15 Å². The van der Waals surface area contributed by atoms with Gasteiger partial charge in [-0.3, -0.25) is 0 Å². The average molecular weight is 124 g/mol. The van der Waals surface area contributed by atoms with Crippen LogP contribution in [0.25, 0.3) is 0 Å². The smallest absolute Gasteiger partial charge is 0.167 e. The molecule has 0 aromatic rings. The van der Waals surface area contributed by atoms with Crippen LogP contribution in [0.15, 0.2) is 12.7 Å². The molecule has 1 aliphatic rings. The van der Waals surface area contributed by atoms with Gasteiger partial charge in [0.2, 0.25) is 12.8 Å². The Morgan fingerprint density at radius 1 is 1.78 bits per heavy atom. The van der Waals surface area contributed by atoms with Crippen molar-refractivity contribution in [1.29, 1.82) is 0 Å². The zero-order chi connectivity index (χ0) is 6.69. The summed E-state index contributed by atoms with van der Waals surface area (Å²) in [5, 5.41) is 0. The van der Waals surface area contributed by atoms with E-state index in [2.05, 4.69) is 28.3 Å². The highest BCUT2D eigenvalue weighted by Crippen LogP contribution is 1.79. The molecule has 0 amide bonds. The van der Waals surface area contributed by atoms with Crippen molar-refractivity contribution in [2.24, 2.45) is 0 Å². The highest BCUT2D eigenvalue weighted by molar-refractivity contribution is 5.61. The number of hydrogen-bond donors (Lipinski definition) is 0. The van der Waals surface area contributed by atoms with E-state index in [1.807, 2.05) is 13.1 Å². The Bertz CT molecular complexity index is 173. The van der Waals surface area contributed by atoms with Crippen molar-refractivity contribution in [3.8, 4) is 0 Å². The van der Waals surface area contributed by atoms with Gasteiger partial charge in [-0.05, 0) is 6.08 Å². The molecule has 0 aromatic carbocycles. The van der Waals surface area contributed by atoms with E-state index >= 15 is 0 Å². The third-order valence-corrected chi connectivity index (χ3v) is 1.31. The maximum atomic E-state index is 3.66. The van der Waals surface area contributed by atoms with Crippen LogP contribution in [0.5, 0.6) is 0 Å². The van der Waals surface area contributed by atoms with Gasteiger partial charge in [0, 0.05) is 0 Å². The van der Waals surface area contributed by atoms with Crippen molar-refractivity contribution in [3.05, 3.63) is 12.7 Å². The minimum atomic E-state index is 0.945. The van der Waals surface area contributed by atoms with Crippen molar-refractivity contribution in [1.82, 2.24) is 0 Å². The van der Waals surface area contributed by atoms with Gasteiger partial charge in [-0.25, -0.2) is 0 Å². The van der Waals surface area contributed by atoms with Gasteiger partial charge in [0.25, 0.3) is 0 Å². The molecule has 1 rings (SSSR count). The Labute approximate surface area is 55.4 Å². The second-order valence-electron chi connectivity index (χ2n) is 2.21. The molecule has 48 valence electrons. The lowest BCUT2D eigenvalue weighted by Crippen LogP contribution is -2.10. The molecule has 1 aliphatic heterocycles. The molecule has 0 saturated heterocycles. The molecule has 1 heterocycles. The zero-order valence-corrected chi connectivity index (χ0v) is 5.75. The van der Waals surface area contributed by atoms with E-state index in [-0.39, 0.29) is 0 Å². The van der Waals surface area contributed by atoms with Crippen LogP contribution in [0.4, 0.5) is 0 Å². The first-order valence-electron chi connectivity index (χ1n) is 3.08. The third kappa shape index (κ3) is 1.49. The Balaban J connectivity index is 2.49. The van der Waals surface area contributed by atoms with Crippen LogP contribution < -0.4 is 0 Å². The van der Waals surface area contributed by atoms with E-state index in [1.165, 1.54) is 0 Å². The Kier molecular flexibility index (Phi) is 1.78. The summed E-state index contributed by atoms with van der Waals surface area (Å²) < 4.78 is 4.25. The molecule has 0 atom stereocenters. The molecular formula is C7H12N2+2. The second-order valence-corrected chi connectivity index (χ2v) is 2.21. The number of rotatable bonds is 2. The van der Waals surface area contributed by atoms with Gasteiger partial charge in [0.1, 0.15) is 7.05 Å². The number of nitrogens with zero attached hydrogens (tertiary/aromatic N) is 2. The molecule has 0 aromatic heterocycles. The first-order valence-corrected chi connectivity index (χ1v) is 3.08. The van der Waals surface area contributed by atoms with E-state index in [0.717, 1.165) is 13.1 Å². The van der Waals surface area contributed by atoms with Crippen LogP contribution in [0.3, 0.4) is 0 Å². The van der Waals surface area contributed by atoms with Gasteiger partial charge in [0.15, 0.2) is 6.54 Å². The highest BCUT2D eigenvalue weighted by atomic mass is 15.2. The van der Waals surface area contributed by atoms with Crippen molar-refractivity contribution in [2.75, 3.05) is 20.1 Å². The summed E-state index contributed by atoms with van der Waals surface area (Å²) in [7, 11) is 2.03. The van der Waals surface area contributed by atoms with Gasteiger partial charge < -0.3 is 0 Å². The van der Waals surface area contributed by atoms with Crippen molar-refractivity contribution in [3.63, 3.8) is 0 Å². The maximum absolute atomic E-state index is 3.66. The molecule has 0 radical (unpaired) electrons. The molecule has 0 saturated carbocycles. The van der Waals surface area contributed by atoms with Crippen LogP contribution in [-0.2, 0) is 0 Å². The van der Waals surface area contributed by atoms with Crippen LogP contribution >= 0.6 is 0 Å². The molecule has 2 heteroatoms. The molecule has 0 aliphatic carbocycles. The van der Waals surface area contributed by atoms with Crippen LogP contribution in [0.1, 0.15) is 0 Å². The van der Waals surface area contributed by atoms with E-state index in [9.17, 15) is 0 Å². The van der Waals surface area contributed by atoms with Gasteiger partial charge >= 0.3 is 6.34 Å². The summed E-state index contributed by atoms with van der Waals surface area (Å²) in [4.78, 5) is 0. The van der Waals surface area contributed by atoms with Gasteiger partial charge in [-0.2, -0.15) is 9.15 Å². The largest absolute Gasteiger partial charge is 0.401 e. The molecule has 2 nitrogen and oxygen atoms in total. The van der Waals surface area contributed by atoms with Crippen LogP contribution in [0.2, 0.25) is 0 Å². The predicted octanol–water partition coefficient (Wildman–Crippen LogP) is -0.0601. The lowest BCUT2D eigenvalue weighted by Gasteiger charge is -1.82.